The zero-order valence-electron chi connectivity index (χ0n) is 13.3. The molecule has 0 heterocycles. The molecular formula is C21H15NO3. The Bertz CT molecular complexity index is 914. The van der Waals surface area contributed by atoms with Crippen LogP contribution in [0, 0.1) is 10.1 Å². The Kier molecular flexibility index (Phi) is 4.81. The molecule has 0 N–H and O–H groups in total. The highest BCUT2D eigenvalue weighted by molar-refractivity contribution is 6.32. The van der Waals surface area contributed by atoms with Crippen molar-refractivity contribution in [1.29, 1.82) is 0 Å². The number of nitrogens with zero attached hydrogens (tertiary/aromatic N) is 1. The van der Waals surface area contributed by atoms with Gasteiger partial charge in [-0.2, -0.15) is 0 Å². The Hall–Kier alpha value is -3.53. The van der Waals surface area contributed by atoms with E-state index in [9.17, 15) is 14.9 Å². The number of non-ortho nitro benzene ring substituents is 1. The van der Waals surface area contributed by atoms with Crippen molar-refractivity contribution in [1.82, 2.24) is 0 Å². The molecule has 0 saturated carbocycles. The van der Waals surface area contributed by atoms with Crippen LogP contribution >= 0.6 is 0 Å². The van der Waals surface area contributed by atoms with E-state index in [1.807, 2.05) is 48.5 Å². The van der Waals surface area contributed by atoms with Gasteiger partial charge in [-0.25, -0.2) is 0 Å². The van der Waals surface area contributed by atoms with Crippen LogP contribution in [0.25, 0.3) is 11.6 Å². The number of rotatable bonds is 5. The van der Waals surface area contributed by atoms with Gasteiger partial charge in [0.2, 0.25) is 0 Å². The number of allylic oxidation sites excluding steroid dienone is 1. The van der Waals surface area contributed by atoms with Crippen LogP contribution < -0.4 is 0 Å². The maximum Gasteiger partial charge on any atom is 0.269 e. The SMILES string of the molecule is O=C(/C(=C\c1ccc([N+](=O)[O-])cc1)c1ccccc1)c1ccccc1. The summed E-state index contributed by atoms with van der Waals surface area (Å²) in [5.41, 5.74) is 2.69. The predicted molar refractivity (Wildman–Crippen MR) is 98.2 cm³/mol. The van der Waals surface area contributed by atoms with Crippen molar-refractivity contribution in [3.63, 3.8) is 0 Å². The van der Waals surface area contributed by atoms with Crippen LogP contribution in [0.4, 0.5) is 5.69 Å². The quantitative estimate of drug-likeness (QED) is 0.217. The maximum absolute atomic E-state index is 12.9. The first-order valence-electron chi connectivity index (χ1n) is 7.76. The van der Waals surface area contributed by atoms with Gasteiger partial charge in [-0.3, -0.25) is 14.9 Å². The van der Waals surface area contributed by atoms with Crippen molar-refractivity contribution in [3.8, 4) is 0 Å². The average Bonchev–Trinajstić information content (AvgIpc) is 2.67. The second-order valence-corrected chi connectivity index (χ2v) is 5.47. The molecule has 0 saturated heterocycles. The number of hydrogen-bond donors (Lipinski definition) is 0. The molecule has 3 aromatic carbocycles. The number of ketones is 1. The first-order chi connectivity index (χ1) is 12.1. The monoisotopic (exact) mass is 329 g/mol. The Morgan fingerprint density at radius 1 is 0.760 bits per heavy atom. The van der Waals surface area contributed by atoms with Gasteiger partial charge in [0.1, 0.15) is 0 Å². The molecule has 0 fully saturated rings. The van der Waals surface area contributed by atoms with E-state index in [0.29, 0.717) is 11.1 Å². The van der Waals surface area contributed by atoms with Crippen molar-refractivity contribution in [2.45, 2.75) is 0 Å². The molecule has 3 rings (SSSR count). The van der Waals surface area contributed by atoms with Crippen LogP contribution in [-0.4, -0.2) is 10.7 Å². The number of carbonyl (C=O) groups is 1. The van der Waals surface area contributed by atoms with E-state index >= 15 is 0 Å². The van der Waals surface area contributed by atoms with Gasteiger partial charge >= 0.3 is 0 Å². The lowest BCUT2D eigenvalue weighted by molar-refractivity contribution is -0.384. The summed E-state index contributed by atoms with van der Waals surface area (Å²) < 4.78 is 0. The summed E-state index contributed by atoms with van der Waals surface area (Å²) in [4.78, 5) is 23.3. The lowest BCUT2D eigenvalue weighted by atomic mass is 9.95. The first-order valence-corrected chi connectivity index (χ1v) is 7.76. The van der Waals surface area contributed by atoms with Crippen LogP contribution in [0.15, 0.2) is 84.9 Å². The number of benzene rings is 3. The highest BCUT2D eigenvalue weighted by Crippen LogP contribution is 2.24. The van der Waals surface area contributed by atoms with Crippen molar-refractivity contribution < 1.29 is 9.72 Å². The maximum atomic E-state index is 12.9. The standard InChI is InChI=1S/C21H15NO3/c23-21(18-9-5-2-6-10-18)20(17-7-3-1-4-8-17)15-16-11-13-19(14-12-16)22(24)25/h1-15H/b20-15-. The summed E-state index contributed by atoms with van der Waals surface area (Å²) in [6.45, 7) is 0. The molecule has 0 aromatic heterocycles. The van der Waals surface area contributed by atoms with Crippen LogP contribution in [0.1, 0.15) is 21.5 Å². The van der Waals surface area contributed by atoms with E-state index in [2.05, 4.69) is 0 Å². The smallest absolute Gasteiger partial charge is 0.269 e. The summed E-state index contributed by atoms with van der Waals surface area (Å²) in [6.07, 6.45) is 1.76. The average molecular weight is 329 g/mol. The molecule has 0 unspecified atom stereocenters. The van der Waals surface area contributed by atoms with Gasteiger partial charge in [0.15, 0.2) is 5.78 Å². The number of nitro benzene ring substituents is 1. The highest BCUT2D eigenvalue weighted by Gasteiger charge is 2.14. The molecule has 0 aliphatic carbocycles. The second-order valence-electron chi connectivity index (χ2n) is 5.47. The summed E-state index contributed by atoms with van der Waals surface area (Å²) in [5.74, 6) is -0.0925. The van der Waals surface area contributed by atoms with E-state index in [4.69, 9.17) is 0 Å². The predicted octanol–water partition coefficient (Wildman–Crippen LogP) is 5.02. The minimum atomic E-state index is -0.444. The van der Waals surface area contributed by atoms with E-state index in [1.54, 1.807) is 30.3 Å². The van der Waals surface area contributed by atoms with Crippen molar-refractivity contribution in [2.75, 3.05) is 0 Å². The fourth-order valence-corrected chi connectivity index (χ4v) is 2.50. The number of hydrogen-bond acceptors (Lipinski definition) is 3. The van der Waals surface area contributed by atoms with Gasteiger partial charge in [0, 0.05) is 23.3 Å². The molecule has 0 amide bonds. The fraction of sp³-hybridized carbons (Fsp3) is 0. The Morgan fingerprint density at radius 2 is 1.28 bits per heavy atom. The largest absolute Gasteiger partial charge is 0.289 e. The zero-order chi connectivity index (χ0) is 17.6. The minimum absolute atomic E-state index is 0.0211. The normalized spacial score (nSPS) is 11.1. The molecule has 0 aliphatic heterocycles. The lowest BCUT2D eigenvalue weighted by Crippen LogP contribution is -2.02. The van der Waals surface area contributed by atoms with Gasteiger partial charge in [0.05, 0.1) is 4.92 Å². The molecule has 25 heavy (non-hydrogen) atoms. The molecule has 0 atom stereocenters. The first kappa shape index (κ1) is 16.3. The Labute approximate surface area is 145 Å². The van der Waals surface area contributed by atoms with Gasteiger partial charge < -0.3 is 0 Å². The van der Waals surface area contributed by atoms with Gasteiger partial charge in [-0.1, -0.05) is 60.7 Å². The number of Topliss-reactive ketones (excluding diaryl/α,β-unsaturated/α-hetero) is 1. The molecule has 4 heteroatoms. The Balaban J connectivity index is 2.05. The second kappa shape index (κ2) is 7.36. The summed E-state index contributed by atoms with van der Waals surface area (Å²) in [5, 5.41) is 10.8. The van der Waals surface area contributed by atoms with Crippen molar-refractivity contribution in [2.24, 2.45) is 0 Å². The molecular weight excluding hydrogens is 314 g/mol. The van der Waals surface area contributed by atoms with Gasteiger partial charge in [-0.05, 0) is 29.3 Å². The number of carbonyl (C=O) groups excluding carboxylic acids is 1. The lowest BCUT2D eigenvalue weighted by Gasteiger charge is -2.08. The summed E-state index contributed by atoms with van der Waals surface area (Å²) in [6, 6.07) is 24.6. The molecule has 122 valence electrons. The van der Waals surface area contributed by atoms with E-state index in [-0.39, 0.29) is 11.5 Å². The third kappa shape index (κ3) is 3.87. The van der Waals surface area contributed by atoms with Crippen molar-refractivity contribution >= 4 is 23.1 Å². The minimum Gasteiger partial charge on any atom is -0.289 e. The molecule has 0 spiro atoms. The van der Waals surface area contributed by atoms with Crippen LogP contribution in [-0.2, 0) is 0 Å². The van der Waals surface area contributed by atoms with Crippen LogP contribution in [0.5, 0.6) is 0 Å². The molecule has 3 aromatic rings. The van der Waals surface area contributed by atoms with Crippen LogP contribution in [0.2, 0.25) is 0 Å². The summed E-state index contributed by atoms with van der Waals surface area (Å²) in [7, 11) is 0. The zero-order valence-corrected chi connectivity index (χ0v) is 13.3. The Morgan fingerprint density at radius 3 is 1.80 bits per heavy atom. The third-order valence-electron chi connectivity index (χ3n) is 3.78. The highest BCUT2D eigenvalue weighted by atomic mass is 16.6. The fourth-order valence-electron chi connectivity index (χ4n) is 2.50. The van der Waals surface area contributed by atoms with Gasteiger partial charge in [-0.15, -0.1) is 0 Å². The molecule has 0 aliphatic rings. The van der Waals surface area contributed by atoms with E-state index in [0.717, 1.165) is 11.1 Å². The summed E-state index contributed by atoms with van der Waals surface area (Å²) >= 11 is 0. The topological polar surface area (TPSA) is 60.2 Å². The molecule has 0 bridgehead atoms. The molecule has 0 radical (unpaired) electrons. The van der Waals surface area contributed by atoms with Crippen molar-refractivity contribution in [3.05, 3.63) is 112 Å². The van der Waals surface area contributed by atoms with Gasteiger partial charge in [0.25, 0.3) is 5.69 Å². The van der Waals surface area contributed by atoms with Crippen LogP contribution in [0.3, 0.4) is 0 Å². The third-order valence-corrected chi connectivity index (χ3v) is 3.78. The molecule has 4 nitrogen and oxygen atoms in total. The van der Waals surface area contributed by atoms with E-state index in [1.165, 1.54) is 12.1 Å². The van der Waals surface area contributed by atoms with E-state index < -0.39 is 4.92 Å². The number of nitro groups is 1.